The number of ether oxygens (including phenoxy) is 1. The van der Waals surface area contributed by atoms with Gasteiger partial charge in [0, 0.05) is 19.6 Å². The number of benzene rings is 1. The summed E-state index contributed by atoms with van der Waals surface area (Å²) in [5, 5.41) is 12.0. The summed E-state index contributed by atoms with van der Waals surface area (Å²) in [7, 11) is 0. The van der Waals surface area contributed by atoms with Crippen molar-refractivity contribution >= 4 is 17.2 Å². The van der Waals surface area contributed by atoms with Crippen LogP contribution in [-0.2, 0) is 17.8 Å². The molecule has 1 aromatic heterocycles. The minimum absolute atomic E-state index is 0.190. The molecule has 1 aliphatic heterocycles. The topological polar surface area (TPSA) is 67.4 Å². The monoisotopic (exact) mass is 364 g/mol. The number of hydrogen-bond donors (Lipinski definition) is 1. The predicted molar refractivity (Wildman–Crippen MR) is 92.8 cm³/mol. The van der Waals surface area contributed by atoms with Crippen LogP contribution >= 0.6 is 11.3 Å². The van der Waals surface area contributed by atoms with Crippen molar-refractivity contribution < 1.29 is 13.9 Å². The first-order chi connectivity index (χ1) is 12.0. The molecule has 8 heteroatoms. The summed E-state index contributed by atoms with van der Waals surface area (Å²) in [6, 6.07) is 6.02. The van der Waals surface area contributed by atoms with Gasteiger partial charge in [-0.2, -0.15) is 0 Å². The van der Waals surface area contributed by atoms with Gasteiger partial charge in [-0.25, -0.2) is 4.39 Å². The molecule has 0 aliphatic carbocycles. The Bertz CT molecular complexity index is 712. The second kappa shape index (κ2) is 7.99. The van der Waals surface area contributed by atoms with Gasteiger partial charge in [0.05, 0.1) is 18.8 Å². The largest absolute Gasteiger partial charge is 0.373 e. The van der Waals surface area contributed by atoms with Crippen LogP contribution in [0.4, 0.5) is 4.39 Å². The Morgan fingerprint density at radius 1 is 1.28 bits per heavy atom. The van der Waals surface area contributed by atoms with Gasteiger partial charge in [0.1, 0.15) is 10.8 Å². The molecule has 3 rings (SSSR count). The van der Waals surface area contributed by atoms with Gasteiger partial charge in [0.2, 0.25) is 5.01 Å². The van der Waals surface area contributed by atoms with E-state index >= 15 is 0 Å². The van der Waals surface area contributed by atoms with Crippen LogP contribution in [0.3, 0.4) is 0 Å². The molecule has 1 saturated heterocycles. The lowest BCUT2D eigenvalue weighted by Gasteiger charge is -2.34. The zero-order chi connectivity index (χ0) is 17.8. The van der Waals surface area contributed by atoms with Gasteiger partial charge in [0.25, 0.3) is 5.91 Å². The number of morpholine rings is 1. The number of nitrogens with zero attached hydrogens (tertiary/aromatic N) is 3. The molecule has 25 heavy (non-hydrogen) atoms. The summed E-state index contributed by atoms with van der Waals surface area (Å²) in [5.74, 6) is -0.563. The van der Waals surface area contributed by atoms with Crippen molar-refractivity contribution in [2.75, 3.05) is 13.1 Å². The first-order valence-electron chi connectivity index (χ1n) is 8.22. The average Bonchev–Trinajstić information content (AvgIpc) is 3.01. The van der Waals surface area contributed by atoms with Gasteiger partial charge in [-0.1, -0.05) is 23.5 Å². The van der Waals surface area contributed by atoms with E-state index in [0.29, 0.717) is 18.1 Å². The smallest absolute Gasteiger partial charge is 0.282 e. The highest BCUT2D eigenvalue weighted by atomic mass is 32.1. The van der Waals surface area contributed by atoms with Crippen molar-refractivity contribution in [3.8, 4) is 0 Å². The molecule has 1 fully saturated rings. The maximum Gasteiger partial charge on any atom is 0.282 e. The molecular weight excluding hydrogens is 343 g/mol. The second-order valence-corrected chi connectivity index (χ2v) is 7.32. The predicted octanol–water partition coefficient (Wildman–Crippen LogP) is 2.22. The number of carbonyl (C=O) groups excluding carboxylic acids is 1. The lowest BCUT2D eigenvalue weighted by Crippen LogP contribution is -2.44. The van der Waals surface area contributed by atoms with Gasteiger partial charge in [-0.05, 0) is 31.5 Å². The third kappa shape index (κ3) is 5.04. The van der Waals surface area contributed by atoms with E-state index < -0.39 is 0 Å². The van der Waals surface area contributed by atoms with Crippen LogP contribution < -0.4 is 5.32 Å². The highest BCUT2D eigenvalue weighted by Crippen LogP contribution is 2.17. The van der Waals surface area contributed by atoms with Crippen LogP contribution in [0.25, 0.3) is 0 Å². The van der Waals surface area contributed by atoms with E-state index in [-0.39, 0.29) is 23.9 Å². The van der Waals surface area contributed by atoms with Gasteiger partial charge in [-0.3, -0.25) is 9.69 Å². The lowest BCUT2D eigenvalue weighted by molar-refractivity contribution is -0.0705. The Kier molecular flexibility index (Phi) is 5.72. The molecule has 0 spiro atoms. The highest BCUT2D eigenvalue weighted by molar-refractivity contribution is 7.13. The van der Waals surface area contributed by atoms with Crippen molar-refractivity contribution in [1.29, 1.82) is 0 Å². The SMILES string of the molecule is CC1CN(Cc2nnc(C(=O)NCc3ccc(F)cc3)s2)CC(C)O1. The van der Waals surface area contributed by atoms with E-state index in [1.807, 2.05) is 0 Å². The molecule has 0 radical (unpaired) electrons. The van der Waals surface area contributed by atoms with E-state index in [4.69, 9.17) is 4.74 Å². The number of carbonyl (C=O) groups is 1. The van der Waals surface area contributed by atoms with Gasteiger partial charge in [0.15, 0.2) is 0 Å². The molecule has 1 aromatic carbocycles. The Hall–Kier alpha value is -1.90. The third-order valence-corrected chi connectivity index (χ3v) is 4.79. The van der Waals surface area contributed by atoms with Crippen molar-refractivity contribution in [1.82, 2.24) is 20.4 Å². The zero-order valence-corrected chi connectivity index (χ0v) is 15.1. The Balaban J connectivity index is 1.53. The van der Waals surface area contributed by atoms with Crippen molar-refractivity contribution in [3.63, 3.8) is 0 Å². The number of rotatable bonds is 5. The van der Waals surface area contributed by atoms with Crippen molar-refractivity contribution in [2.24, 2.45) is 0 Å². The summed E-state index contributed by atoms with van der Waals surface area (Å²) in [6.07, 6.45) is 0.380. The molecule has 0 saturated carbocycles. The van der Waals surface area contributed by atoms with Crippen LogP contribution in [0.15, 0.2) is 24.3 Å². The summed E-state index contributed by atoms with van der Waals surface area (Å²) < 4.78 is 18.6. The van der Waals surface area contributed by atoms with Crippen molar-refractivity contribution in [2.45, 2.75) is 39.1 Å². The van der Waals surface area contributed by atoms with Gasteiger partial charge < -0.3 is 10.1 Å². The summed E-state index contributed by atoms with van der Waals surface area (Å²) in [4.78, 5) is 14.4. The second-order valence-electron chi connectivity index (χ2n) is 6.26. The van der Waals surface area contributed by atoms with Crippen LogP contribution in [0.5, 0.6) is 0 Å². The number of halogens is 1. The molecule has 6 nitrogen and oxygen atoms in total. The zero-order valence-electron chi connectivity index (χ0n) is 14.2. The van der Waals surface area contributed by atoms with E-state index in [1.165, 1.54) is 23.5 Å². The first-order valence-corrected chi connectivity index (χ1v) is 9.04. The van der Waals surface area contributed by atoms with Crippen LogP contribution in [-0.4, -0.2) is 46.3 Å². The molecule has 2 aromatic rings. The van der Waals surface area contributed by atoms with E-state index in [0.717, 1.165) is 23.7 Å². The Labute approximate surface area is 150 Å². The molecule has 1 amide bonds. The van der Waals surface area contributed by atoms with Crippen LogP contribution in [0.2, 0.25) is 0 Å². The van der Waals surface area contributed by atoms with Gasteiger partial charge in [-0.15, -0.1) is 10.2 Å². The molecule has 2 atom stereocenters. The number of amides is 1. The van der Waals surface area contributed by atoms with Crippen molar-refractivity contribution in [3.05, 3.63) is 45.7 Å². The fraction of sp³-hybridized carbons (Fsp3) is 0.471. The van der Waals surface area contributed by atoms with Crippen LogP contribution in [0, 0.1) is 5.82 Å². The van der Waals surface area contributed by atoms with E-state index in [2.05, 4.69) is 34.3 Å². The minimum atomic E-state index is -0.296. The number of aromatic nitrogens is 2. The fourth-order valence-electron chi connectivity index (χ4n) is 2.87. The lowest BCUT2D eigenvalue weighted by atomic mass is 10.2. The Morgan fingerprint density at radius 3 is 2.64 bits per heavy atom. The fourth-order valence-corrected chi connectivity index (χ4v) is 3.67. The summed E-state index contributed by atoms with van der Waals surface area (Å²) in [5.41, 5.74) is 0.829. The highest BCUT2D eigenvalue weighted by Gasteiger charge is 2.23. The quantitative estimate of drug-likeness (QED) is 0.881. The maximum atomic E-state index is 12.9. The minimum Gasteiger partial charge on any atom is -0.373 e. The normalized spacial score (nSPS) is 21.2. The molecule has 2 unspecified atom stereocenters. The maximum absolute atomic E-state index is 12.9. The molecule has 2 heterocycles. The summed E-state index contributed by atoms with van der Waals surface area (Å²) >= 11 is 1.30. The number of hydrogen-bond acceptors (Lipinski definition) is 6. The van der Waals surface area contributed by atoms with E-state index in [9.17, 15) is 9.18 Å². The molecule has 1 N–H and O–H groups in total. The number of nitrogens with one attached hydrogen (secondary N) is 1. The Morgan fingerprint density at radius 2 is 1.96 bits per heavy atom. The molecule has 134 valence electrons. The van der Waals surface area contributed by atoms with Crippen LogP contribution in [0.1, 0.15) is 34.2 Å². The summed E-state index contributed by atoms with van der Waals surface area (Å²) in [6.45, 7) is 6.79. The first kappa shape index (κ1) is 17.9. The molecule has 0 bridgehead atoms. The van der Waals surface area contributed by atoms with Gasteiger partial charge >= 0.3 is 0 Å². The third-order valence-electron chi connectivity index (χ3n) is 3.88. The molecular formula is C17H21FN4O2S. The standard InChI is InChI=1S/C17H21FN4O2S/c1-11-8-22(9-12(2)24-11)10-15-20-21-17(25-15)16(23)19-7-13-3-5-14(18)6-4-13/h3-6,11-12H,7-10H2,1-2H3,(H,19,23). The molecule has 1 aliphatic rings. The van der Waals surface area contributed by atoms with E-state index in [1.54, 1.807) is 12.1 Å². The average molecular weight is 364 g/mol.